The quantitative estimate of drug-likeness (QED) is 0.655. The number of anilines is 1. The van der Waals surface area contributed by atoms with E-state index in [0.717, 1.165) is 55.7 Å². The Labute approximate surface area is 199 Å². The molecule has 6 nitrogen and oxygen atoms in total. The van der Waals surface area contributed by atoms with Gasteiger partial charge in [-0.05, 0) is 69.5 Å². The van der Waals surface area contributed by atoms with Gasteiger partial charge in [0.05, 0.1) is 11.3 Å². The molecule has 3 aliphatic rings. The molecule has 0 bridgehead atoms. The van der Waals surface area contributed by atoms with Gasteiger partial charge in [-0.15, -0.1) is 0 Å². The summed E-state index contributed by atoms with van der Waals surface area (Å²) in [5.74, 6) is 0.180. The largest absolute Gasteiger partial charge is 0.482 e. The topological polar surface area (TPSA) is 74.7 Å². The van der Waals surface area contributed by atoms with E-state index in [1.807, 2.05) is 32.2 Å². The highest BCUT2D eigenvalue weighted by molar-refractivity contribution is 6.32. The van der Waals surface area contributed by atoms with Gasteiger partial charge in [-0.1, -0.05) is 6.07 Å². The second-order valence-corrected chi connectivity index (χ2v) is 9.83. The zero-order valence-corrected chi connectivity index (χ0v) is 19.6. The molecule has 1 fully saturated rings. The van der Waals surface area contributed by atoms with Crippen LogP contribution in [0.3, 0.4) is 0 Å². The third-order valence-corrected chi connectivity index (χ3v) is 6.94. The third kappa shape index (κ3) is 4.38. The lowest BCUT2D eigenvalue weighted by Gasteiger charge is -2.31. The van der Waals surface area contributed by atoms with Gasteiger partial charge in [0.15, 0.2) is 0 Å². The predicted octanol–water partition coefficient (Wildman–Crippen LogP) is 4.02. The fourth-order valence-corrected chi connectivity index (χ4v) is 5.12. The van der Waals surface area contributed by atoms with E-state index in [1.54, 1.807) is 6.07 Å². The zero-order valence-electron chi connectivity index (χ0n) is 19.6. The first-order valence-corrected chi connectivity index (χ1v) is 11.9. The number of rotatable bonds is 5. The number of aliphatic hydroxyl groups is 1. The van der Waals surface area contributed by atoms with Crippen LogP contribution in [0.15, 0.2) is 48.4 Å². The molecule has 0 radical (unpaired) electrons. The van der Waals surface area contributed by atoms with Crippen LogP contribution in [0.25, 0.3) is 11.1 Å². The second-order valence-electron chi connectivity index (χ2n) is 9.83. The molecule has 178 valence electrons. The Morgan fingerprint density at radius 3 is 2.91 bits per heavy atom. The maximum Gasteiger partial charge on any atom is 0.260 e. The van der Waals surface area contributed by atoms with Crippen molar-refractivity contribution in [1.82, 2.24) is 9.88 Å². The number of piperidine rings is 1. The van der Waals surface area contributed by atoms with Gasteiger partial charge in [0.2, 0.25) is 0 Å². The van der Waals surface area contributed by atoms with Crippen LogP contribution in [-0.2, 0) is 16.0 Å². The lowest BCUT2D eigenvalue weighted by Crippen LogP contribution is -2.38. The highest BCUT2D eigenvalue weighted by atomic mass is 19.1. The fourth-order valence-electron chi connectivity index (χ4n) is 5.12. The summed E-state index contributed by atoms with van der Waals surface area (Å²) in [5, 5.41) is 12.2. The summed E-state index contributed by atoms with van der Waals surface area (Å²) >= 11 is 0. The Kier molecular flexibility index (Phi) is 6.00. The van der Waals surface area contributed by atoms with E-state index < -0.39 is 11.4 Å². The monoisotopic (exact) mass is 463 g/mol. The smallest absolute Gasteiger partial charge is 0.260 e. The molecule has 0 spiro atoms. The molecule has 34 heavy (non-hydrogen) atoms. The molecule has 3 aliphatic heterocycles. The van der Waals surface area contributed by atoms with Gasteiger partial charge < -0.3 is 20.1 Å². The van der Waals surface area contributed by atoms with Crippen LogP contribution in [0, 0.1) is 11.7 Å². The van der Waals surface area contributed by atoms with Gasteiger partial charge in [0.1, 0.15) is 17.2 Å². The van der Waals surface area contributed by atoms with Crippen molar-refractivity contribution < 1.29 is 19.0 Å². The standard InChI is InChI=1S/C27H30FN3O3/c1-27(2)22(13-24(34-27)25-21-8-6-19(28)12-23(21)30-26(25)33)18-5-7-20(29-14-18)9-11-31-10-3-4-17(15-31)16-32/h5-8,12-14,17,32H,3-4,9-11,15-16H2,1-2H3,(H,30,33). The molecule has 2 aromatic rings. The van der Waals surface area contributed by atoms with E-state index in [-0.39, 0.29) is 12.5 Å². The number of aliphatic hydroxyl groups excluding tert-OH is 1. The van der Waals surface area contributed by atoms with Gasteiger partial charge in [-0.2, -0.15) is 0 Å². The van der Waals surface area contributed by atoms with Gasteiger partial charge in [0.25, 0.3) is 5.91 Å². The summed E-state index contributed by atoms with van der Waals surface area (Å²) in [4.78, 5) is 19.7. The number of nitrogens with one attached hydrogen (secondary N) is 1. The Balaban J connectivity index is 1.35. The second kappa shape index (κ2) is 8.96. The molecule has 0 aliphatic carbocycles. The molecule has 1 unspecified atom stereocenters. The minimum atomic E-state index is -0.637. The first-order chi connectivity index (χ1) is 16.3. The average molecular weight is 464 g/mol. The molecule has 0 saturated carbocycles. The zero-order chi connectivity index (χ0) is 23.9. The van der Waals surface area contributed by atoms with Crippen molar-refractivity contribution in [1.29, 1.82) is 0 Å². The number of likely N-dealkylation sites (tertiary alicyclic amines) is 1. The van der Waals surface area contributed by atoms with Crippen molar-refractivity contribution in [2.45, 2.75) is 38.7 Å². The summed E-state index contributed by atoms with van der Waals surface area (Å²) < 4.78 is 19.8. The molecular weight excluding hydrogens is 433 g/mol. The molecule has 1 aromatic heterocycles. The third-order valence-electron chi connectivity index (χ3n) is 6.94. The van der Waals surface area contributed by atoms with Crippen molar-refractivity contribution >= 4 is 22.7 Å². The Bertz CT molecular complexity index is 1170. The first-order valence-electron chi connectivity index (χ1n) is 11.9. The van der Waals surface area contributed by atoms with Gasteiger partial charge in [0, 0.05) is 54.7 Å². The number of halogens is 1. The van der Waals surface area contributed by atoms with E-state index in [1.165, 1.54) is 12.1 Å². The predicted molar refractivity (Wildman–Crippen MR) is 129 cm³/mol. The number of allylic oxidation sites excluding steroid dienone is 1. The maximum absolute atomic E-state index is 13.6. The lowest BCUT2D eigenvalue weighted by atomic mass is 9.93. The van der Waals surface area contributed by atoms with Crippen molar-refractivity contribution in [3.05, 3.63) is 71.0 Å². The Hall–Kier alpha value is -3.03. The van der Waals surface area contributed by atoms with E-state index in [0.29, 0.717) is 28.5 Å². The first kappa shape index (κ1) is 22.7. The highest BCUT2D eigenvalue weighted by Gasteiger charge is 2.38. The number of aromatic nitrogens is 1. The van der Waals surface area contributed by atoms with Crippen LogP contribution in [0.2, 0.25) is 0 Å². The normalized spacial score (nSPS) is 23.9. The Morgan fingerprint density at radius 2 is 2.15 bits per heavy atom. The van der Waals surface area contributed by atoms with E-state index >= 15 is 0 Å². The fraction of sp³-hybridized carbons (Fsp3) is 0.407. The minimum absolute atomic E-state index is 0.263. The molecule has 7 heteroatoms. The van der Waals surface area contributed by atoms with Crippen molar-refractivity contribution in [3.8, 4) is 0 Å². The summed E-state index contributed by atoms with van der Waals surface area (Å²) in [7, 11) is 0. The molecule has 4 heterocycles. The minimum Gasteiger partial charge on any atom is -0.482 e. The van der Waals surface area contributed by atoms with Gasteiger partial charge >= 0.3 is 0 Å². The molecule has 1 saturated heterocycles. The van der Waals surface area contributed by atoms with Crippen molar-refractivity contribution in [2.75, 3.05) is 31.6 Å². The van der Waals surface area contributed by atoms with Crippen LogP contribution in [0.1, 0.15) is 43.5 Å². The number of nitrogens with zero attached hydrogens (tertiary/aromatic N) is 2. The molecule has 1 aromatic carbocycles. The van der Waals surface area contributed by atoms with Gasteiger partial charge in [-0.3, -0.25) is 9.78 Å². The highest BCUT2D eigenvalue weighted by Crippen LogP contribution is 2.44. The molecular formula is C27H30FN3O3. The number of hydrogen-bond donors (Lipinski definition) is 2. The lowest BCUT2D eigenvalue weighted by molar-refractivity contribution is -0.111. The van der Waals surface area contributed by atoms with E-state index in [4.69, 9.17) is 4.74 Å². The number of benzene rings is 1. The van der Waals surface area contributed by atoms with Crippen LogP contribution in [0.4, 0.5) is 10.1 Å². The Morgan fingerprint density at radius 1 is 1.29 bits per heavy atom. The van der Waals surface area contributed by atoms with Gasteiger partial charge in [-0.25, -0.2) is 4.39 Å². The SMILES string of the molecule is CC1(C)OC(=C2C(=O)Nc3cc(F)ccc32)C=C1c1ccc(CCN2CCCC(CO)C2)nc1. The number of ether oxygens (including phenoxy) is 1. The summed E-state index contributed by atoms with van der Waals surface area (Å²) in [5.41, 5.74) is 3.80. The van der Waals surface area contributed by atoms with E-state index in [2.05, 4.69) is 21.3 Å². The number of fused-ring (bicyclic) bond motifs is 1. The number of pyridine rings is 1. The summed E-state index contributed by atoms with van der Waals surface area (Å²) in [6.07, 6.45) is 6.86. The van der Waals surface area contributed by atoms with Crippen LogP contribution in [-0.4, -0.2) is 52.7 Å². The summed E-state index contributed by atoms with van der Waals surface area (Å²) in [6.45, 7) is 7.16. The number of carbonyl (C=O) groups excluding carboxylic acids is 1. The van der Waals surface area contributed by atoms with Crippen LogP contribution >= 0.6 is 0 Å². The number of hydrogen-bond acceptors (Lipinski definition) is 5. The van der Waals surface area contributed by atoms with E-state index in [9.17, 15) is 14.3 Å². The maximum atomic E-state index is 13.6. The summed E-state index contributed by atoms with van der Waals surface area (Å²) in [6, 6.07) is 8.38. The molecule has 1 amide bonds. The molecule has 5 rings (SSSR count). The average Bonchev–Trinajstić information content (AvgIpc) is 3.32. The molecule has 1 atom stereocenters. The number of carbonyl (C=O) groups is 1. The van der Waals surface area contributed by atoms with Crippen molar-refractivity contribution in [3.63, 3.8) is 0 Å². The van der Waals surface area contributed by atoms with Crippen LogP contribution in [0.5, 0.6) is 0 Å². The number of amides is 1. The van der Waals surface area contributed by atoms with Crippen molar-refractivity contribution in [2.24, 2.45) is 5.92 Å². The molecule has 2 N–H and O–H groups in total. The van der Waals surface area contributed by atoms with Crippen LogP contribution < -0.4 is 5.32 Å².